The minimum absolute atomic E-state index is 0.293. The lowest BCUT2D eigenvalue weighted by molar-refractivity contribution is 0.239. The zero-order valence-electron chi connectivity index (χ0n) is 19.8. The van der Waals surface area contributed by atoms with E-state index in [1.54, 1.807) is 43.7 Å². The van der Waals surface area contributed by atoms with E-state index in [1.807, 2.05) is 24.0 Å². The number of ether oxygens (including phenoxy) is 1. The van der Waals surface area contributed by atoms with Crippen molar-refractivity contribution in [1.29, 1.82) is 0 Å². The van der Waals surface area contributed by atoms with Crippen LogP contribution in [0.1, 0.15) is 36.2 Å². The van der Waals surface area contributed by atoms with Gasteiger partial charge in [0.25, 0.3) is 0 Å². The number of sulfone groups is 1. The van der Waals surface area contributed by atoms with Crippen molar-refractivity contribution in [3.05, 3.63) is 46.1 Å². The van der Waals surface area contributed by atoms with E-state index in [4.69, 9.17) is 9.72 Å². The SMILES string of the molecule is COC/C(=C\C=C(/C)S(C)(=O)=O)c1c(C)sc2cnc(Nc3cnn(C4CCNCC4)c3)nc12. The molecule has 4 heterocycles. The Morgan fingerprint density at radius 2 is 2.09 bits per heavy atom. The molecule has 0 aromatic carbocycles. The third-order valence-electron chi connectivity index (χ3n) is 5.87. The second-order valence-corrected chi connectivity index (χ2v) is 11.9. The molecule has 0 amide bonds. The molecule has 3 aromatic rings. The lowest BCUT2D eigenvalue weighted by Gasteiger charge is -2.22. The van der Waals surface area contributed by atoms with E-state index in [0.29, 0.717) is 23.5 Å². The standard InChI is InChI=1S/C23H30N6O3S2/c1-15(34(4,30)31)5-6-17(14-32-3)21-16(2)33-20-12-25-23(28-22(20)21)27-18-11-26-29(13-18)19-7-9-24-10-8-19/h5-6,11-13,19,24H,7-10,14H2,1-4H3,(H,25,27,28)/b15-5+,17-6+. The summed E-state index contributed by atoms with van der Waals surface area (Å²) in [5, 5.41) is 11.2. The van der Waals surface area contributed by atoms with Crippen LogP contribution < -0.4 is 10.6 Å². The fourth-order valence-electron chi connectivity index (χ4n) is 3.95. The summed E-state index contributed by atoms with van der Waals surface area (Å²) < 4.78 is 32.0. The van der Waals surface area contributed by atoms with E-state index >= 15 is 0 Å². The molecule has 3 aromatic heterocycles. The minimum atomic E-state index is -3.25. The summed E-state index contributed by atoms with van der Waals surface area (Å²) in [6.07, 6.45) is 12.3. The Kier molecular flexibility index (Phi) is 7.46. The molecule has 0 aliphatic carbocycles. The Balaban J connectivity index is 1.65. The summed E-state index contributed by atoms with van der Waals surface area (Å²) in [7, 11) is -1.63. The molecule has 1 saturated heterocycles. The maximum Gasteiger partial charge on any atom is 0.227 e. The molecule has 0 unspecified atom stereocenters. The summed E-state index contributed by atoms with van der Waals surface area (Å²) in [5.74, 6) is 0.482. The number of aryl methyl sites for hydroxylation is 1. The van der Waals surface area contributed by atoms with Crippen molar-refractivity contribution in [2.45, 2.75) is 32.7 Å². The van der Waals surface area contributed by atoms with Gasteiger partial charge in [0, 0.05) is 34.9 Å². The van der Waals surface area contributed by atoms with Crippen LogP contribution in [-0.4, -0.2) is 61.2 Å². The highest BCUT2D eigenvalue weighted by Crippen LogP contribution is 2.35. The van der Waals surface area contributed by atoms with Crippen LogP contribution >= 0.6 is 11.3 Å². The molecule has 11 heteroatoms. The van der Waals surface area contributed by atoms with Gasteiger partial charge in [0.1, 0.15) is 0 Å². The predicted octanol–water partition coefficient (Wildman–Crippen LogP) is 3.84. The molecule has 0 spiro atoms. The number of thiophene rings is 1. The largest absolute Gasteiger partial charge is 0.380 e. The molecular weight excluding hydrogens is 472 g/mol. The zero-order valence-corrected chi connectivity index (χ0v) is 21.5. The van der Waals surface area contributed by atoms with Gasteiger partial charge < -0.3 is 15.4 Å². The van der Waals surface area contributed by atoms with Gasteiger partial charge in [-0.05, 0) is 51.4 Å². The van der Waals surface area contributed by atoms with Gasteiger partial charge in [-0.3, -0.25) is 4.68 Å². The summed E-state index contributed by atoms with van der Waals surface area (Å²) in [5.41, 5.74) is 3.44. The van der Waals surface area contributed by atoms with E-state index in [2.05, 4.69) is 20.7 Å². The van der Waals surface area contributed by atoms with Crippen LogP contribution in [0.3, 0.4) is 0 Å². The monoisotopic (exact) mass is 502 g/mol. The average molecular weight is 503 g/mol. The summed E-state index contributed by atoms with van der Waals surface area (Å²) in [6.45, 7) is 5.95. The van der Waals surface area contributed by atoms with Gasteiger partial charge >= 0.3 is 0 Å². The average Bonchev–Trinajstić information content (AvgIpc) is 3.40. The number of anilines is 2. The first-order valence-electron chi connectivity index (χ1n) is 11.1. The van der Waals surface area contributed by atoms with Gasteiger partial charge in [-0.2, -0.15) is 5.10 Å². The zero-order chi connectivity index (χ0) is 24.3. The van der Waals surface area contributed by atoms with E-state index in [0.717, 1.165) is 57.8 Å². The summed E-state index contributed by atoms with van der Waals surface area (Å²) in [4.78, 5) is 10.6. The Labute approximate surface area is 203 Å². The highest BCUT2D eigenvalue weighted by molar-refractivity contribution is 7.94. The Morgan fingerprint density at radius 3 is 2.79 bits per heavy atom. The normalized spacial score (nSPS) is 16.4. The van der Waals surface area contributed by atoms with Gasteiger partial charge in [0.05, 0.1) is 40.9 Å². The first kappa shape index (κ1) is 24.5. The lowest BCUT2D eigenvalue weighted by atomic mass is 10.1. The van der Waals surface area contributed by atoms with Crippen molar-refractivity contribution in [2.24, 2.45) is 0 Å². The van der Waals surface area contributed by atoms with Crippen LogP contribution in [0.25, 0.3) is 15.8 Å². The fraction of sp³-hybridized carbons (Fsp3) is 0.435. The number of allylic oxidation sites excluding steroid dienone is 3. The maximum atomic E-state index is 11.8. The molecule has 2 N–H and O–H groups in total. The minimum Gasteiger partial charge on any atom is -0.380 e. The van der Waals surface area contributed by atoms with Crippen molar-refractivity contribution in [1.82, 2.24) is 25.1 Å². The van der Waals surface area contributed by atoms with Crippen molar-refractivity contribution in [3.63, 3.8) is 0 Å². The molecule has 182 valence electrons. The van der Waals surface area contributed by atoms with Crippen molar-refractivity contribution in [2.75, 3.05) is 38.4 Å². The van der Waals surface area contributed by atoms with Crippen LogP contribution in [0.15, 0.2) is 35.6 Å². The highest BCUT2D eigenvalue weighted by Gasteiger charge is 2.18. The molecular formula is C23H30N6O3S2. The molecule has 1 aliphatic heterocycles. The van der Waals surface area contributed by atoms with Gasteiger partial charge in [-0.1, -0.05) is 6.08 Å². The molecule has 4 rings (SSSR count). The molecule has 0 radical (unpaired) electrons. The smallest absolute Gasteiger partial charge is 0.227 e. The second kappa shape index (κ2) is 10.3. The van der Waals surface area contributed by atoms with Crippen LogP contribution in [-0.2, 0) is 14.6 Å². The predicted molar refractivity (Wildman–Crippen MR) is 137 cm³/mol. The Bertz CT molecular complexity index is 1330. The molecule has 0 saturated carbocycles. The van der Waals surface area contributed by atoms with E-state index in [9.17, 15) is 8.42 Å². The number of methoxy groups -OCH3 is 1. The van der Waals surface area contributed by atoms with Crippen molar-refractivity contribution >= 4 is 48.6 Å². The molecule has 1 aliphatic rings. The Hall–Kier alpha value is -2.60. The first-order valence-corrected chi connectivity index (χ1v) is 13.8. The lowest BCUT2D eigenvalue weighted by Crippen LogP contribution is -2.29. The number of hydrogen-bond acceptors (Lipinski definition) is 9. The first-order chi connectivity index (χ1) is 16.3. The quantitative estimate of drug-likeness (QED) is 0.447. The summed E-state index contributed by atoms with van der Waals surface area (Å²) in [6, 6.07) is 0.400. The van der Waals surface area contributed by atoms with E-state index in [-0.39, 0.29) is 0 Å². The molecule has 9 nitrogen and oxygen atoms in total. The number of fused-ring (bicyclic) bond motifs is 1. The van der Waals surface area contributed by atoms with Crippen LogP contribution in [0, 0.1) is 6.92 Å². The summed E-state index contributed by atoms with van der Waals surface area (Å²) >= 11 is 1.60. The third kappa shape index (κ3) is 5.54. The fourth-order valence-corrected chi connectivity index (χ4v) is 5.27. The number of rotatable bonds is 8. The maximum absolute atomic E-state index is 11.8. The number of nitrogens with one attached hydrogen (secondary N) is 2. The van der Waals surface area contributed by atoms with E-state index < -0.39 is 9.84 Å². The number of aromatic nitrogens is 4. The van der Waals surface area contributed by atoms with E-state index in [1.165, 1.54) is 6.26 Å². The van der Waals surface area contributed by atoms with Gasteiger partial charge in [-0.15, -0.1) is 11.3 Å². The highest BCUT2D eigenvalue weighted by atomic mass is 32.2. The van der Waals surface area contributed by atoms with Gasteiger partial charge in [0.15, 0.2) is 9.84 Å². The number of nitrogens with zero attached hydrogens (tertiary/aromatic N) is 4. The topological polar surface area (TPSA) is 111 Å². The number of hydrogen-bond donors (Lipinski definition) is 2. The van der Waals surface area contributed by atoms with Crippen molar-refractivity contribution < 1.29 is 13.2 Å². The molecule has 34 heavy (non-hydrogen) atoms. The van der Waals surface area contributed by atoms with Crippen molar-refractivity contribution in [3.8, 4) is 0 Å². The van der Waals surface area contributed by atoms with Gasteiger partial charge in [-0.25, -0.2) is 18.4 Å². The second-order valence-electron chi connectivity index (χ2n) is 8.43. The third-order valence-corrected chi connectivity index (χ3v) is 8.21. The van der Waals surface area contributed by atoms with Crippen LogP contribution in [0.4, 0.5) is 11.6 Å². The Morgan fingerprint density at radius 1 is 1.32 bits per heavy atom. The number of piperidine rings is 1. The molecule has 0 atom stereocenters. The van der Waals surface area contributed by atoms with Gasteiger partial charge in [0.2, 0.25) is 5.95 Å². The molecule has 0 bridgehead atoms. The van der Waals surface area contributed by atoms with Crippen LogP contribution in [0.5, 0.6) is 0 Å². The van der Waals surface area contributed by atoms with Crippen LogP contribution in [0.2, 0.25) is 0 Å². The molecule has 1 fully saturated rings.